The first-order valence-corrected chi connectivity index (χ1v) is 11.1. The number of halogens is 1. The van der Waals surface area contributed by atoms with Gasteiger partial charge in [-0.05, 0) is 26.0 Å². The lowest BCUT2D eigenvalue weighted by molar-refractivity contribution is -0.135. The van der Waals surface area contributed by atoms with E-state index in [-0.39, 0.29) is 12.3 Å². The van der Waals surface area contributed by atoms with Crippen molar-refractivity contribution < 1.29 is 9.53 Å². The fourth-order valence-electron chi connectivity index (χ4n) is 4.41. The number of fused-ring (bicyclic) bond motifs is 3. The molecule has 0 aliphatic carbocycles. The van der Waals surface area contributed by atoms with Crippen LogP contribution in [0.5, 0.6) is 0 Å². The lowest BCUT2D eigenvalue weighted by Crippen LogP contribution is -2.41. The summed E-state index contributed by atoms with van der Waals surface area (Å²) >= 11 is 6.15. The SMILES string of the molecule is Cc1c2c(cn1C)-n1c(C)nnc1C(CC(=O)N1CCOCC1)N=C2c1ccc(Cl)cc1. The van der Waals surface area contributed by atoms with Crippen LogP contribution in [0.4, 0.5) is 0 Å². The third-order valence-electron chi connectivity index (χ3n) is 6.22. The van der Waals surface area contributed by atoms with Gasteiger partial charge in [-0.1, -0.05) is 23.7 Å². The molecule has 1 amide bonds. The first-order valence-electron chi connectivity index (χ1n) is 10.7. The van der Waals surface area contributed by atoms with Gasteiger partial charge in [-0.2, -0.15) is 0 Å². The minimum Gasteiger partial charge on any atom is -0.378 e. The molecule has 2 aliphatic rings. The second-order valence-corrected chi connectivity index (χ2v) is 8.66. The minimum absolute atomic E-state index is 0.0496. The zero-order chi connectivity index (χ0) is 22.4. The second-order valence-electron chi connectivity index (χ2n) is 8.22. The Hall–Kier alpha value is -2.97. The number of rotatable bonds is 3. The topological polar surface area (TPSA) is 77.5 Å². The van der Waals surface area contributed by atoms with Crippen LogP contribution in [-0.4, -0.2) is 62.2 Å². The molecular weight excluding hydrogens is 428 g/mol. The van der Waals surface area contributed by atoms with Gasteiger partial charge >= 0.3 is 0 Å². The van der Waals surface area contributed by atoms with Crippen molar-refractivity contribution in [2.75, 3.05) is 26.3 Å². The molecule has 5 rings (SSSR count). The summed E-state index contributed by atoms with van der Waals surface area (Å²) < 4.78 is 9.51. The van der Waals surface area contributed by atoms with Crippen LogP contribution in [-0.2, 0) is 16.6 Å². The van der Waals surface area contributed by atoms with E-state index in [0.29, 0.717) is 37.2 Å². The highest BCUT2D eigenvalue weighted by Gasteiger charge is 2.33. The summed E-state index contributed by atoms with van der Waals surface area (Å²) in [5.74, 6) is 1.50. The number of hydrogen-bond donors (Lipinski definition) is 0. The number of benzene rings is 1. The minimum atomic E-state index is -0.450. The maximum Gasteiger partial charge on any atom is 0.225 e. The number of aromatic nitrogens is 4. The van der Waals surface area contributed by atoms with Gasteiger partial charge in [-0.3, -0.25) is 14.4 Å². The molecule has 0 saturated carbocycles. The molecular formula is C23H25ClN6O2. The van der Waals surface area contributed by atoms with Crippen molar-refractivity contribution >= 4 is 23.2 Å². The summed E-state index contributed by atoms with van der Waals surface area (Å²) in [6.07, 6.45) is 2.30. The molecule has 1 fully saturated rings. The quantitative estimate of drug-likeness (QED) is 0.612. The van der Waals surface area contributed by atoms with E-state index in [4.69, 9.17) is 21.3 Å². The van der Waals surface area contributed by atoms with Gasteiger partial charge in [-0.25, -0.2) is 0 Å². The van der Waals surface area contributed by atoms with Crippen molar-refractivity contribution in [3.8, 4) is 5.69 Å². The Morgan fingerprint density at radius 2 is 1.88 bits per heavy atom. The molecule has 8 nitrogen and oxygen atoms in total. The Labute approximate surface area is 191 Å². The Balaban J connectivity index is 1.66. The lowest BCUT2D eigenvalue weighted by atomic mass is 10.0. The van der Waals surface area contributed by atoms with E-state index in [1.807, 2.05) is 47.7 Å². The molecule has 0 spiro atoms. The molecule has 2 aromatic heterocycles. The van der Waals surface area contributed by atoms with Gasteiger partial charge in [0.05, 0.1) is 31.0 Å². The molecule has 1 saturated heterocycles. The number of nitrogens with zero attached hydrogens (tertiary/aromatic N) is 6. The highest BCUT2D eigenvalue weighted by atomic mass is 35.5. The Bertz CT molecular complexity index is 1200. The van der Waals surface area contributed by atoms with E-state index in [1.54, 1.807) is 0 Å². The van der Waals surface area contributed by atoms with Crippen molar-refractivity contribution in [1.29, 1.82) is 0 Å². The van der Waals surface area contributed by atoms with Gasteiger partial charge in [0.15, 0.2) is 5.82 Å². The predicted octanol–water partition coefficient (Wildman–Crippen LogP) is 3.02. The smallest absolute Gasteiger partial charge is 0.225 e. The third kappa shape index (κ3) is 3.53. The molecule has 2 aliphatic heterocycles. The average Bonchev–Trinajstić information content (AvgIpc) is 3.27. The van der Waals surface area contributed by atoms with E-state index in [2.05, 4.69) is 27.9 Å². The molecule has 0 bridgehead atoms. The fraction of sp³-hybridized carbons (Fsp3) is 0.391. The van der Waals surface area contributed by atoms with Crippen LogP contribution < -0.4 is 0 Å². The molecule has 32 heavy (non-hydrogen) atoms. The van der Waals surface area contributed by atoms with Crippen molar-refractivity contribution in [2.24, 2.45) is 12.0 Å². The highest BCUT2D eigenvalue weighted by Crippen LogP contribution is 2.35. The molecule has 1 aromatic carbocycles. The van der Waals surface area contributed by atoms with Crippen LogP contribution in [0, 0.1) is 13.8 Å². The van der Waals surface area contributed by atoms with Crippen LogP contribution in [0.15, 0.2) is 35.5 Å². The number of carbonyl (C=O) groups excluding carboxylic acids is 1. The lowest BCUT2D eigenvalue weighted by Gasteiger charge is -2.27. The van der Waals surface area contributed by atoms with Crippen LogP contribution in [0.1, 0.15) is 40.9 Å². The van der Waals surface area contributed by atoms with Crippen LogP contribution >= 0.6 is 11.6 Å². The first-order chi connectivity index (χ1) is 15.4. The Kier molecular flexibility index (Phi) is 5.35. The normalized spacial score (nSPS) is 18.1. The van der Waals surface area contributed by atoms with Crippen molar-refractivity contribution in [3.05, 3.63) is 64.0 Å². The summed E-state index contributed by atoms with van der Waals surface area (Å²) in [6.45, 7) is 6.34. The van der Waals surface area contributed by atoms with Crippen molar-refractivity contribution in [2.45, 2.75) is 26.3 Å². The predicted molar refractivity (Wildman–Crippen MR) is 122 cm³/mol. The van der Waals surface area contributed by atoms with Gasteiger partial charge in [0, 0.05) is 48.2 Å². The Morgan fingerprint density at radius 1 is 1.16 bits per heavy atom. The van der Waals surface area contributed by atoms with Gasteiger partial charge in [-0.15, -0.1) is 10.2 Å². The first kappa shape index (κ1) is 20.9. The maximum absolute atomic E-state index is 13.1. The monoisotopic (exact) mass is 452 g/mol. The summed E-state index contributed by atoms with van der Waals surface area (Å²) in [6, 6.07) is 7.21. The highest BCUT2D eigenvalue weighted by molar-refractivity contribution is 6.30. The molecule has 4 heterocycles. The van der Waals surface area contributed by atoms with Crippen LogP contribution in [0.3, 0.4) is 0 Å². The van der Waals surface area contributed by atoms with E-state index in [0.717, 1.165) is 34.0 Å². The second kappa shape index (κ2) is 8.18. The zero-order valence-electron chi connectivity index (χ0n) is 18.4. The third-order valence-corrected chi connectivity index (χ3v) is 6.47. The number of amides is 1. The van der Waals surface area contributed by atoms with Gasteiger partial charge in [0.25, 0.3) is 0 Å². The molecule has 9 heteroatoms. The van der Waals surface area contributed by atoms with Gasteiger partial charge in [0.1, 0.15) is 11.9 Å². The van der Waals surface area contributed by atoms with E-state index in [9.17, 15) is 4.79 Å². The number of carbonyl (C=O) groups is 1. The summed E-state index contributed by atoms with van der Waals surface area (Å²) in [7, 11) is 2.02. The molecule has 166 valence electrons. The number of ether oxygens (including phenoxy) is 1. The van der Waals surface area contributed by atoms with Crippen LogP contribution in [0.2, 0.25) is 5.02 Å². The average molecular weight is 453 g/mol. The summed E-state index contributed by atoms with van der Waals surface area (Å²) in [5, 5.41) is 9.45. The molecule has 1 unspecified atom stereocenters. The van der Waals surface area contributed by atoms with E-state index < -0.39 is 6.04 Å². The summed E-state index contributed by atoms with van der Waals surface area (Å²) in [5.41, 5.74) is 4.84. The van der Waals surface area contributed by atoms with E-state index >= 15 is 0 Å². The van der Waals surface area contributed by atoms with Crippen LogP contribution in [0.25, 0.3) is 5.69 Å². The molecule has 3 aromatic rings. The zero-order valence-corrected chi connectivity index (χ0v) is 19.1. The standard InChI is InChI=1S/C23H25ClN6O2/c1-14-21-19(13-28(14)3)30-15(2)26-27-23(30)18(12-20(31)29-8-10-32-11-9-29)25-22(21)16-4-6-17(24)7-5-16/h4-7,13,18H,8-12H2,1-3H3. The van der Waals surface area contributed by atoms with Crippen molar-refractivity contribution in [3.63, 3.8) is 0 Å². The number of morpholine rings is 1. The number of hydrogen-bond acceptors (Lipinski definition) is 5. The van der Waals surface area contributed by atoms with E-state index in [1.165, 1.54) is 0 Å². The maximum atomic E-state index is 13.1. The largest absolute Gasteiger partial charge is 0.378 e. The number of aryl methyl sites for hydroxylation is 2. The van der Waals surface area contributed by atoms with Gasteiger partial charge in [0.2, 0.25) is 5.91 Å². The molecule has 1 atom stereocenters. The van der Waals surface area contributed by atoms with Crippen molar-refractivity contribution in [1.82, 2.24) is 24.2 Å². The molecule has 0 radical (unpaired) electrons. The van der Waals surface area contributed by atoms with Gasteiger partial charge < -0.3 is 14.2 Å². The summed E-state index contributed by atoms with van der Waals surface area (Å²) in [4.78, 5) is 20.1. The number of aliphatic imine (C=N–C) groups is 1. The fourth-order valence-corrected chi connectivity index (χ4v) is 4.54. The molecule has 0 N–H and O–H groups in total. The Morgan fingerprint density at radius 3 is 2.59 bits per heavy atom.